The van der Waals surface area contributed by atoms with E-state index in [-0.39, 0.29) is 0 Å². The van der Waals surface area contributed by atoms with Gasteiger partial charge in [-0.15, -0.1) is 0 Å². The zero-order valence-electron chi connectivity index (χ0n) is 8.47. The summed E-state index contributed by atoms with van der Waals surface area (Å²) in [5.41, 5.74) is 0. The average molecular weight is 168 g/mol. The molecule has 0 rings (SSSR count). The quantitative estimate of drug-likeness (QED) is 0.439. The van der Waals surface area contributed by atoms with Gasteiger partial charge in [0, 0.05) is 6.42 Å². The molecule has 0 amide bonds. The third-order valence-corrected chi connectivity index (χ3v) is 1.67. The van der Waals surface area contributed by atoms with E-state index in [1.807, 2.05) is 0 Å². The van der Waals surface area contributed by atoms with Gasteiger partial charge < -0.3 is 4.79 Å². The number of carbonyl (C=O) groups excluding carboxylic acids is 1. The minimum Gasteiger partial charge on any atom is -0.300 e. The fourth-order valence-corrected chi connectivity index (χ4v) is 1.00. The molecule has 0 aliphatic carbocycles. The molecule has 0 saturated heterocycles. The van der Waals surface area contributed by atoms with Crippen LogP contribution in [0.4, 0.5) is 0 Å². The molecule has 0 aliphatic rings. The van der Waals surface area contributed by atoms with Crippen LogP contribution >= 0.6 is 0 Å². The van der Waals surface area contributed by atoms with E-state index in [2.05, 4.69) is 26.0 Å². The second-order valence-corrected chi connectivity index (χ2v) is 3.62. The number of Topliss-reactive ketones (excluding diaryl/α,β-unsaturated/α-hetero) is 1. The molecule has 0 saturated carbocycles. The van der Waals surface area contributed by atoms with E-state index in [1.165, 1.54) is 0 Å². The second-order valence-electron chi connectivity index (χ2n) is 3.62. The third kappa shape index (κ3) is 9.41. The van der Waals surface area contributed by atoms with Crippen LogP contribution in [0.5, 0.6) is 0 Å². The first kappa shape index (κ1) is 11.4. The Morgan fingerprint density at radius 1 is 1.33 bits per heavy atom. The summed E-state index contributed by atoms with van der Waals surface area (Å²) in [6, 6.07) is 0. The zero-order chi connectivity index (χ0) is 9.40. The lowest BCUT2D eigenvalue weighted by Crippen LogP contribution is -1.88. The van der Waals surface area contributed by atoms with Crippen molar-refractivity contribution in [3.05, 3.63) is 12.2 Å². The number of hydrogen-bond donors (Lipinski definition) is 0. The molecule has 0 aromatic carbocycles. The molecule has 0 aromatic heterocycles. The van der Waals surface area contributed by atoms with Gasteiger partial charge in [0.15, 0.2) is 0 Å². The van der Waals surface area contributed by atoms with Gasteiger partial charge in [0.2, 0.25) is 0 Å². The molecule has 0 fully saturated rings. The highest BCUT2D eigenvalue weighted by molar-refractivity contribution is 5.75. The van der Waals surface area contributed by atoms with Gasteiger partial charge in [-0.1, -0.05) is 26.0 Å². The highest BCUT2D eigenvalue weighted by Gasteiger charge is 1.91. The molecule has 1 nitrogen and oxygen atoms in total. The SMILES string of the molecule is CC(=O)CCCC/C=C\C(C)C. The van der Waals surface area contributed by atoms with Gasteiger partial charge in [-0.25, -0.2) is 0 Å². The molecule has 1 heteroatoms. The summed E-state index contributed by atoms with van der Waals surface area (Å²) >= 11 is 0. The molecule has 0 radical (unpaired) electrons. The third-order valence-electron chi connectivity index (χ3n) is 1.67. The highest BCUT2D eigenvalue weighted by atomic mass is 16.1. The lowest BCUT2D eigenvalue weighted by molar-refractivity contribution is -0.117. The predicted molar refractivity (Wildman–Crippen MR) is 53.1 cm³/mol. The molecule has 0 spiro atoms. The van der Waals surface area contributed by atoms with Gasteiger partial charge in [0.25, 0.3) is 0 Å². The summed E-state index contributed by atoms with van der Waals surface area (Å²) in [6.07, 6.45) is 8.47. The summed E-state index contributed by atoms with van der Waals surface area (Å²) < 4.78 is 0. The van der Waals surface area contributed by atoms with Crippen LogP contribution in [0.2, 0.25) is 0 Å². The van der Waals surface area contributed by atoms with Crippen molar-refractivity contribution in [2.45, 2.75) is 46.5 Å². The first-order chi connectivity index (χ1) is 5.63. The smallest absolute Gasteiger partial charge is 0.129 e. The van der Waals surface area contributed by atoms with E-state index < -0.39 is 0 Å². The van der Waals surface area contributed by atoms with E-state index in [0.29, 0.717) is 11.7 Å². The van der Waals surface area contributed by atoms with Gasteiger partial charge in [-0.3, -0.25) is 0 Å². The van der Waals surface area contributed by atoms with Gasteiger partial charge in [-0.2, -0.15) is 0 Å². The van der Waals surface area contributed by atoms with Crippen LogP contribution in [-0.2, 0) is 4.79 Å². The van der Waals surface area contributed by atoms with Crippen molar-refractivity contribution < 1.29 is 4.79 Å². The molecule has 0 unspecified atom stereocenters. The van der Waals surface area contributed by atoms with Gasteiger partial charge >= 0.3 is 0 Å². The van der Waals surface area contributed by atoms with Crippen LogP contribution in [0.1, 0.15) is 46.5 Å². The van der Waals surface area contributed by atoms with Crippen molar-refractivity contribution >= 4 is 5.78 Å². The van der Waals surface area contributed by atoms with Crippen LogP contribution < -0.4 is 0 Å². The second kappa shape index (κ2) is 7.08. The van der Waals surface area contributed by atoms with Crippen LogP contribution in [-0.4, -0.2) is 5.78 Å². The Labute approximate surface area is 75.9 Å². The fraction of sp³-hybridized carbons (Fsp3) is 0.727. The normalized spacial score (nSPS) is 11.3. The number of rotatable bonds is 6. The minimum absolute atomic E-state index is 0.308. The lowest BCUT2D eigenvalue weighted by atomic mass is 10.1. The molecular formula is C11H20O. The zero-order valence-corrected chi connectivity index (χ0v) is 8.47. The van der Waals surface area contributed by atoms with Gasteiger partial charge in [-0.05, 0) is 32.1 Å². The van der Waals surface area contributed by atoms with Crippen molar-refractivity contribution in [2.75, 3.05) is 0 Å². The van der Waals surface area contributed by atoms with E-state index >= 15 is 0 Å². The number of ketones is 1. The Hall–Kier alpha value is -0.590. The van der Waals surface area contributed by atoms with Crippen molar-refractivity contribution in [2.24, 2.45) is 5.92 Å². The largest absolute Gasteiger partial charge is 0.300 e. The average Bonchev–Trinajstić information content (AvgIpc) is 1.95. The summed E-state index contributed by atoms with van der Waals surface area (Å²) in [4.78, 5) is 10.6. The number of allylic oxidation sites excluding steroid dienone is 2. The van der Waals surface area contributed by atoms with Crippen LogP contribution in [0.3, 0.4) is 0 Å². The van der Waals surface area contributed by atoms with Crippen LogP contribution in [0.15, 0.2) is 12.2 Å². The maximum atomic E-state index is 10.6. The number of hydrogen-bond acceptors (Lipinski definition) is 1. The van der Waals surface area contributed by atoms with Gasteiger partial charge in [0.1, 0.15) is 5.78 Å². The Morgan fingerprint density at radius 3 is 2.50 bits per heavy atom. The molecule has 12 heavy (non-hydrogen) atoms. The maximum absolute atomic E-state index is 10.6. The van der Waals surface area contributed by atoms with Crippen molar-refractivity contribution in [1.82, 2.24) is 0 Å². The number of carbonyl (C=O) groups is 1. The van der Waals surface area contributed by atoms with E-state index in [4.69, 9.17) is 0 Å². The molecular weight excluding hydrogens is 148 g/mol. The first-order valence-corrected chi connectivity index (χ1v) is 4.79. The molecule has 0 heterocycles. The molecule has 70 valence electrons. The standard InChI is InChI=1S/C11H20O/c1-10(2)8-6-4-5-7-9-11(3)12/h6,8,10H,4-5,7,9H2,1-3H3/b8-6-. The monoisotopic (exact) mass is 168 g/mol. The van der Waals surface area contributed by atoms with Crippen molar-refractivity contribution in [3.8, 4) is 0 Å². The van der Waals surface area contributed by atoms with Crippen molar-refractivity contribution in [3.63, 3.8) is 0 Å². The Balaban J connectivity index is 3.16. The predicted octanol–water partition coefficient (Wildman–Crippen LogP) is 3.35. The van der Waals surface area contributed by atoms with Crippen molar-refractivity contribution in [1.29, 1.82) is 0 Å². The minimum atomic E-state index is 0.308. The summed E-state index contributed by atoms with van der Waals surface area (Å²) in [5, 5.41) is 0. The highest BCUT2D eigenvalue weighted by Crippen LogP contribution is 2.03. The van der Waals surface area contributed by atoms with E-state index in [9.17, 15) is 4.79 Å². The summed E-state index contributed by atoms with van der Waals surface area (Å²) in [5.74, 6) is 0.959. The number of unbranched alkanes of at least 4 members (excludes halogenated alkanes) is 2. The summed E-state index contributed by atoms with van der Waals surface area (Å²) in [6.45, 7) is 6.00. The van der Waals surface area contributed by atoms with E-state index in [0.717, 1.165) is 25.7 Å². The van der Waals surface area contributed by atoms with Crippen LogP contribution in [0, 0.1) is 5.92 Å². The lowest BCUT2D eigenvalue weighted by Gasteiger charge is -1.95. The molecule has 0 aliphatic heterocycles. The fourth-order valence-electron chi connectivity index (χ4n) is 1.00. The molecule has 0 bridgehead atoms. The molecule has 0 aromatic rings. The van der Waals surface area contributed by atoms with E-state index in [1.54, 1.807) is 6.92 Å². The topological polar surface area (TPSA) is 17.1 Å². The molecule has 0 N–H and O–H groups in total. The Morgan fingerprint density at radius 2 is 2.00 bits per heavy atom. The Bertz CT molecular complexity index is 145. The first-order valence-electron chi connectivity index (χ1n) is 4.79. The maximum Gasteiger partial charge on any atom is 0.129 e. The molecule has 0 atom stereocenters. The summed E-state index contributed by atoms with van der Waals surface area (Å²) in [7, 11) is 0. The van der Waals surface area contributed by atoms with Crippen LogP contribution in [0.25, 0.3) is 0 Å². The van der Waals surface area contributed by atoms with Gasteiger partial charge in [0.05, 0.1) is 0 Å². The Kier molecular flexibility index (Phi) is 6.73.